The van der Waals surface area contributed by atoms with E-state index in [-0.39, 0.29) is 23.2 Å². The van der Waals surface area contributed by atoms with Crippen LogP contribution < -0.4 is 4.74 Å². The van der Waals surface area contributed by atoms with Crippen molar-refractivity contribution in [3.63, 3.8) is 0 Å². The SMILES string of the molecule is CC1(C)Cc2c(-c3ccccc3)c(-c3ccc(Cl)cc3)c(CC(=O)Oc3c(-c4ccc(Cl)cc4)c(-c4ccccc4)c4n3CC(C)(C)C4)n2C1. The second-order valence-corrected chi connectivity index (χ2v) is 16.3. The van der Waals surface area contributed by atoms with Crippen molar-refractivity contribution in [2.24, 2.45) is 10.8 Å². The number of hydrogen-bond donors (Lipinski definition) is 0. The molecule has 6 aromatic rings. The average Bonchev–Trinajstić information content (AvgIpc) is 3.76. The topological polar surface area (TPSA) is 36.2 Å². The maximum absolute atomic E-state index is 14.6. The Kier molecular flexibility index (Phi) is 8.08. The second-order valence-electron chi connectivity index (χ2n) is 15.4. The molecule has 4 aromatic carbocycles. The number of halogens is 2. The molecule has 0 radical (unpaired) electrons. The van der Waals surface area contributed by atoms with E-state index < -0.39 is 0 Å². The van der Waals surface area contributed by atoms with Crippen molar-refractivity contribution in [2.45, 2.75) is 60.0 Å². The van der Waals surface area contributed by atoms with E-state index in [0.29, 0.717) is 15.9 Å². The molecule has 0 aliphatic carbocycles. The lowest BCUT2D eigenvalue weighted by molar-refractivity contribution is -0.134. The Morgan fingerprint density at radius 2 is 1.00 bits per heavy atom. The van der Waals surface area contributed by atoms with Crippen LogP contribution >= 0.6 is 23.2 Å². The zero-order valence-corrected chi connectivity index (χ0v) is 30.4. The average molecular weight is 700 g/mol. The van der Waals surface area contributed by atoms with E-state index in [1.165, 1.54) is 17.0 Å². The molecular formula is C44H40Cl2N2O2. The molecule has 0 bridgehead atoms. The minimum absolute atomic E-state index is 0.0127. The molecule has 0 saturated heterocycles. The Balaban J connectivity index is 1.29. The lowest BCUT2D eigenvalue weighted by atomic mass is 9.86. The highest BCUT2D eigenvalue weighted by molar-refractivity contribution is 6.31. The molecule has 2 aliphatic rings. The van der Waals surface area contributed by atoms with Crippen molar-refractivity contribution >= 4 is 29.2 Å². The van der Waals surface area contributed by atoms with Crippen LogP contribution in [0.3, 0.4) is 0 Å². The van der Waals surface area contributed by atoms with Crippen LogP contribution in [0.1, 0.15) is 44.8 Å². The van der Waals surface area contributed by atoms with Crippen LogP contribution in [0, 0.1) is 10.8 Å². The van der Waals surface area contributed by atoms with Crippen molar-refractivity contribution < 1.29 is 9.53 Å². The summed E-state index contributed by atoms with van der Waals surface area (Å²) in [5.74, 6) is 0.311. The molecule has 252 valence electrons. The molecule has 2 aliphatic heterocycles. The summed E-state index contributed by atoms with van der Waals surface area (Å²) in [5.41, 5.74) is 12.0. The van der Waals surface area contributed by atoms with Gasteiger partial charge in [0.1, 0.15) is 0 Å². The van der Waals surface area contributed by atoms with Gasteiger partial charge in [0.15, 0.2) is 0 Å². The van der Waals surface area contributed by atoms with E-state index >= 15 is 0 Å². The monoisotopic (exact) mass is 698 g/mol. The first-order valence-corrected chi connectivity index (χ1v) is 18.1. The molecule has 0 spiro atoms. The highest BCUT2D eigenvalue weighted by Crippen LogP contribution is 2.51. The third kappa shape index (κ3) is 5.89. The van der Waals surface area contributed by atoms with E-state index in [1.54, 1.807) is 0 Å². The minimum Gasteiger partial charge on any atom is -0.408 e. The summed E-state index contributed by atoms with van der Waals surface area (Å²) in [4.78, 5) is 14.6. The van der Waals surface area contributed by atoms with Gasteiger partial charge < -0.3 is 13.9 Å². The van der Waals surface area contributed by atoms with E-state index in [2.05, 4.69) is 97.5 Å². The number of rotatable bonds is 7. The Labute approximate surface area is 304 Å². The number of carbonyl (C=O) groups excluding carboxylic acids is 1. The smallest absolute Gasteiger partial charge is 0.318 e. The molecule has 8 rings (SSSR count). The Hall–Kier alpha value is -4.51. The summed E-state index contributed by atoms with van der Waals surface area (Å²) in [6, 6.07) is 36.8. The number of fused-ring (bicyclic) bond motifs is 2. The maximum atomic E-state index is 14.6. The molecule has 4 heterocycles. The van der Waals surface area contributed by atoms with Crippen molar-refractivity contribution in [1.82, 2.24) is 9.13 Å². The van der Waals surface area contributed by atoms with E-state index in [9.17, 15) is 4.79 Å². The normalized spacial score (nSPS) is 15.6. The molecule has 4 nitrogen and oxygen atoms in total. The summed E-state index contributed by atoms with van der Waals surface area (Å²) in [5, 5.41) is 1.34. The number of benzene rings is 4. The van der Waals surface area contributed by atoms with Gasteiger partial charge in [-0.05, 0) is 70.2 Å². The summed E-state index contributed by atoms with van der Waals surface area (Å²) in [7, 11) is 0. The Bertz CT molecular complexity index is 2070. The van der Waals surface area contributed by atoms with Gasteiger partial charge in [-0.25, -0.2) is 0 Å². The standard InChI is InChI=1S/C44H40Cl2N2O2/c1-43(2)24-35-39(28-11-7-5-8-12-28)38(30-15-19-32(45)20-16-30)34(47(35)26-43)23-37(49)50-42-41(31-17-21-33(46)22-18-31)40(29-13-9-6-10-14-29)36-25-44(3,4)27-48(36)42/h5-22H,23-27H2,1-4H3. The van der Waals surface area contributed by atoms with Crippen LogP contribution in [0.5, 0.6) is 5.88 Å². The van der Waals surface area contributed by atoms with Gasteiger partial charge in [-0.15, -0.1) is 0 Å². The van der Waals surface area contributed by atoms with E-state index in [0.717, 1.165) is 70.6 Å². The third-order valence-electron chi connectivity index (χ3n) is 10.2. The summed E-state index contributed by atoms with van der Waals surface area (Å²) in [6.07, 6.45) is 1.91. The van der Waals surface area contributed by atoms with Crippen LogP contribution in [-0.2, 0) is 37.1 Å². The number of aromatic nitrogens is 2. The lowest BCUT2D eigenvalue weighted by Gasteiger charge is -2.20. The first-order valence-electron chi connectivity index (χ1n) is 17.3. The van der Waals surface area contributed by atoms with Crippen molar-refractivity contribution in [1.29, 1.82) is 0 Å². The summed E-state index contributed by atoms with van der Waals surface area (Å²) < 4.78 is 11.3. The van der Waals surface area contributed by atoms with E-state index in [1.807, 2.05) is 48.5 Å². The number of ether oxygens (including phenoxy) is 1. The molecule has 6 heteroatoms. The molecule has 0 atom stereocenters. The molecule has 0 fully saturated rings. The number of hydrogen-bond acceptors (Lipinski definition) is 2. The van der Waals surface area contributed by atoms with Crippen LogP contribution in [0.4, 0.5) is 0 Å². The Morgan fingerprint density at radius 1 is 0.580 bits per heavy atom. The third-order valence-corrected chi connectivity index (χ3v) is 10.7. The van der Waals surface area contributed by atoms with Gasteiger partial charge in [-0.2, -0.15) is 0 Å². The van der Waals surface area contributed by atoms with Crippen LogP contribution in [0.15, 0.2) is 109 Å². The zero-order chi connectivity index (χ0) is 34.8. The minimum atomic E-state index is -0.287. The first kappa shape index (κ1) is 32.7. The summed E-state index contributed by atoms with van der Waals surface area (Å²) in [6.45, 7) is 10.7. The van der Waals surface area contributed by atoms with Crippen molar-refractivity contribution in [2.75, 3.05) is 0 Å². The summed E-state index contributed by atoms with van der Waals surface area (Å²) >= 11 is 12.7. The van der Waals surface area contributed by atoms with Crippen LogP contribution in [0.2, 0.25) is 10.0 Å². The predicted molar refractivity (Wildman–Crippen MR) is 205 cm³/mol. The fraction of sp³-hybridized carbons (Fsp3) is 0.250. The predicted octanol–water partition coefficient (Wildman–Crippen LogP) is 11.6. The largest absolute Gasteiger partial charge is 0.408 e. The van der Waals surface area contributed by atoms with Gasteiger partial charge in [0.25, 0.3) is 0 Å². The van der Waals surface area contributed by atoms with Gasteiger partial charge in [-0.1, -0.05) is 136 Å². The zero-order valence-electron chi connectivity index (χ0n) is 28.9. The molecule has 0 amide bonds. The second kappa shape index (κ2) is 12.4. The molecule has 2 aromatic heterocycles. The van der Waals surface area contributed by atoms with E-state index in [4.69, 9.17) is 27.9 Å². The van der Waals surface area contributed by atoms with Crippen molar-refractivity contribution in [3.05, 3.63) is 136 Å². The van der Waals surface area contributed by atoms with Gasteiger partial charge >= 0.3 is 5.97 Å². The van der Waals surface area contributed by atoms with Gasteiger partial charge in [0.05, 0.1) is 12.0 Å². The molecule has 0 saturated carbocycles. The van der Waals surface area contributed by atoms with Crippen LogP contribution in [0.25, 0.3) is 44.5 Å². The first-order chi connectivity index (χ1) is 24.0. The quantitative estimate of drug-likeness (QED) is 0.156. The maximum Gasteiger partial charge on any atom is 0.318 e. The van der Waals surface area contributed by atoms with Gasteiger partial charge in [0.2, 0.25) is 5.88 Å². The number of nitrogens with zero attached hydrogens (tertiary/aromatic N) is 2. The fourth-order valence-corrected chi connectivity index (χ4v) is 8.43. The highest BCUT2D eigenvalue weighted by Gasteiger charge is 2.39. The number of esters is 1. The molecular weight excluding hydrogens is 659 g/mol. The van der Waals surface area contributed by atoms with Gasteiger partial charge in [0, 0.05) is 56.9 Å². The molecule has 0 unspecified atom stereocenters. The Morgan fingerprint density at radius 3 is 1.52 bits per heavy atom. The molecule has 0 N–H and O–H groups in total. The van der Waals surface area contributed by atoms with Crippen LogP contribution in [-0.4, -0.2) is 15.1 Å². The van der Waals surface area contributed by atoms with Crippen molar-refractivity contribution in [3.8, 4) is 50.4 Å². The molecule has 50 heavy (non-hydrogen) atoms. The van der Waals surface area contributed by atoms with Gasteiger partial charge in [-0.3, -0.25) is 4.79 Å². The fourth-order valence-electron chi connectivity index (χ4n) is 8.18. The highest BCUT2D eigenvalue weighted by atomic mass is 35.5. The number of carbonyl (C=O) groups is 1. The lowest BCUT2D eigenvalue weighted by Crippen LogP contribution is -2.20.